The average Bonchev–Trinajstić information content (AvgIpc) is 3.25. The Balaban J connectivity index is 1.99. The fourth-order valence-corrected chi connectivity index (χ4v) is 2.98. The number of hydrogen-bond donors (Lipinski definition) is 2. The van der Waals surface area contributed by atoms with Gasteiger partial charge >= 0.3 is 18.2 Å². The zero-order valence-corrected chi connectivity index (χ0v) is 16.4. The van der Waals surface area contributed by atoms with E-state index >= 15 is 0 Å². The predicted octanol–water partition coefficient (Wildman–Crippen LogP) is 3.46. The third kappa shape index (κ3) is 4.82. The molecular formula is C19H16F3N3O7. The molecule has 1 aliphatic rings. The first-order chi connectivity index (χ1) is 15.1. The number of amides is 2. The van der Waals surface area contributed by atoms with E-state index < -0.39 is 52.7 Å². The van der Waals surface area contributed by atoms with Crippen LogP contribution in [-0.2, 0) is 15.7 Å². The first-order valence-electron chi connectivity index (χ1n) is 9.11. The molecule has 1 aromatic heterocycles. The first kappa shape index (κ1) is 22.7. The molecule has 2 amide bonds. The van der Waals surface area contributed by atoms with Gasteiger partial charge in [0.05, 0.1) is 29.1 Å². The van der Waals surface area contributed by atoms with E-state index in [0.717, 1.165) is 12.1 Å². The molecule has 1 aromatic carbocycles. The quantitative estimate of drug-likeness (QED) is 0.371. The van der Waals surface area contributed by atoms with E-state index in [1.54, 1.807) is 6.92 Å². The van der Waals surface area contributed by atoms with Crippen LogP contribution in [0.4, 0.5) is 23.7 Å². The van der Waals surface area contributed by atoms with Gasteiger partial charge in [0.25, 0.3) is 5.69 Å². The first-order valence-corrected chi connectivity index (χ1v) is 9.11. The minimum Gasteiger partial charge on any atom is -0.487 e. The van der Waals surface area contributed by atoms with Gasteiger partial charge < -0.3 is 24.5 Å². The third-order valence-corrected chi connectivity index (χ3v) is 4.33. The number of esters is 1. The number of nitrogens with zero attached hydrogens (tertiary/aromatic N) is 1. The Kier molecular flexibility index (Phi) is 6.37. The maximum Gasteiger partial charge on any atom is 0.420 e. The maximum absolute atomic E-state index is 13.4. The van der Waals surface area contributed by atoms with Gasteiger partial charge in [0.2, 0.25) is 0 Å². The second-order valence-corrected chi connectivity index (χ2v) is 6.38. The lowest BCUT2D eigenvalue weighted by molar-refractivity contribution is -0.385. The number of rotatable bonds is 7. The van der Waals surface area contributed by atoms with Gasteiger partial charge in [0.15, 0.2) is 0 Å². The number of nitro benzene ring substituents is 1. The Hall–Kier alpha value is -4.03. The summed E-state index contributed by atoms with van der Waals surface area (Å²) < 4.78 is 55.7. The summed E-state index contributed by atoms with van der Waals surface area (Å²) in [6, 6.07) is 3.16. The highest BCUT2D eigenvalue weighted by molar-refractivity contribution is 5.95. The van der Waals surface area contributed by atoms with Crippen molar-refractivity contribution in [2.75, 3.05) is 13.2 Å². The number of ether oxygens (including phenoxy) is 2. The van der Waals surface area contributed by atoms with Crippen molar-refractivity contribution in [3.8, 4) is 5.75 Å². The van der Waals surface area contributed by atoms with E-state index in [4.69, 9.17) is 13.9 Å². The average molecular weight is 455 g/mol. The van der Waals surface area contributed by atoms with E-state index in [2.05, 4.69) is 10.6 Å². The predicted molar refractivity (Wildman–Crippen MR) is 100 cm³/mol. The Morgan fingerprint density at radius 1 is 1.31 bits per heavy atom. The van der Waals surface area contributed by atoms with E-state index in [0.29, 0.717) is 6.07 Å². The molecule has 10 nitrogen and oxygen atoms in total. The fraction of sp³-hybridized carbons (Fsp3) is 0.263. The number of benzene rings is 1. The van der Waals surface area contributed by atoms with Crippen molar-refractivity contribution in [2.24, 2.45) is 0 Å². The monoisotopic (exact) mass is 455 g/mol. The topological polar surface area (TPSA) is 133 Å². The van der Waals surface area contributed by atoms with E-state index in [1.165, 1.54) is 18.4 Å². The van der Waals surface area contributed by atoms with Gasteiger partial charge in [-0.25, -0.2) is 9.59 Å². The summed E-state index contributed by atoms with van der Waals surface area (Å²) in [5, 5.41) is 15.6. The molecule has 0 aliphatic carbocycles. The zero-order chi connectivity index (χ0) is 23.5. The molecule has 0 fully saturated rings. The van der Waals surface area contributed by atoms with Crippen molar-refractivity contribution < 1.29 is 41.6 Å². The summed E-state index contributed by atoms with van der Waals surface area (Å²) in [6.07, 6.45) is -3.64. The van der Waals surface area contributed by atoms with Crippen molar-refractivity contribution in [1.29, 1.82) is 0 Å². The molecule has 0 bridgehead atoms. The van der Waals surface area contributed by atoms with Crippen molar-refractivity contribution in [3.05, 3.63) is 69.3 Å². The highest BCUT2D eigenvalue weighted by Gasteiger charge is 2.38. The number of carbonyl (C=O) groups excluding carboxylic acids is 2. The number of non-ortho nitro benzene ring substituents is 1. The third-order valence-electron chi connectivity index (χ3n) is 4.33. The van der Waals surface area contributed by atoms with Crippen LogP contribution in [0.5, 0.6) is 5.75 Å². The molecule has 0 spiro atoms. The minimum atomic E-state index is -4.95. The van der Waals surface area contributed by atoms with Crippen molar-refractivity contribution >= 4 is 17.7 Å². The molecule has 0 saturated heterocycles. The molecule has 2 N–H and O–H groups in total. The highest BCUT2D eigenvalue weighted by Crippen LogP contribution is 2.39. The van der Waals surface area contributed by atoms with Crippen LogP contribution in [0, 0.1) is 10.1 Å². The smallest absolute Gasteiger partial charge is 0.420 e. The molecule has 170 valence electrons. The highest BCUT2D eigenvalue weighted by atomic mass is 19.4. The number of urea groups is 1. The zero-order valence-electron chi connectivity index (χ0n) is 16.4. The minimum absolute atomic E-state index is 0.00410. The summed E-state index contributed by atoms with van der Waals surface area (Å²) >= 11 is 0. The number of halogens is 3. The molecule has 0 saturated carbocycles. The Bertz CT molecular complexity index is 1060. The van der Waals surface area contributed by atoms with Crippen LogP contribution < -0.4 is 15.4 Å². The molecule has 2 aromatic rings. The lowest BCUT2D eigenvalue weighted by Crippen LogP contribution is -2.47. The number of hydrogen-bond acceptors (Lipinski definition) is 7. The molecule has 2 heterocycles. The van der Waals surface area contributed by atoms with Crippen LogP contribution in [0.1, 0.15) is 24.3 Å². The van der Waals surface area contributed by atoms with Crippen molar-refractivity contribution in [2.45, 2.75) is 19.1 Å². The Labute approximate surface area is 178 Å². The fourth-order valence-electron chi connectivity index (χ4n) is 2.98. The van der Waals surface area contributed by atoms with Gasteiger partial charge in [-0.3, -0.25) is 10.1 Å². The molecule has 13 heteroatoms. The SMILES string of the molecule is CCOC(=O)C1=C(COc2ccc([N+](=O)[O-])cc2C(F)(F)F)NC(=O)NC1c1ccco1. The van der Waals surface area contributed by atoms with Gasteiger partial charge in [0.1, 0.15) is 29.7 Å². The second-order valence-electron chi connectivity index (χ2n) is 6.38. The maximum atomic E-state index is 13.4. The van der Waals surface area contributed by atoms with Gasteiger partial charge in [0, 0.05) is 12.1 Å². The van der Waals surface area contributed by atoms with Crippen molar-refractivity contribution in [3.63, 3.8) is 0 Å². The van der Waals surface area contributed by atoms with Gasteiger partial charge in [-0.2, -0.15) is 13.2 Å². The number of furan rings is 1. The van der Waals surface area contributed by atoms with Crippen LogP contribution >= 0.6 is 0 Å². The molecule has 32 heavy (non-hydrogen) atoms. The molecule has 1 unspecified atom stereocenters. The Morgan fingerprint density at radius 3 is 2.66 bits per heavy atom. The number of nitrogens with one attached hydrogen (secondary N) is 2. The second kappa shape index (κ2) is 8.99. The molecule has 0 radical (unpaired) electrons. The van der Waals surface area contributed by atoms with Gasteiger partial charge in [-0.15, -0.1) is 0 Å². The summed E-state index contributed by atoms with van der Waals surface area (Å²) in [5.41, 5.74) is -2.44. The van der Waals surface area contributed by atoms with Crippen LogP contribution in [0.25, 0.3) is 0 Å². The number of carbonyl (C=O) groups is 2. The van der Waals surface area contributed by atoms with Gasteiger partial charge in [-0.1, -0.05) is 0 Å². The number of alkyl halides is 3. The number of nitro groups is 1. The summed E-state index contributed by atoms with van der Waals surface area (Å²) in [7, 11) is 0. The van der Waals surface area contributed by atoms with Crippen LogP contribution in [0.3, 0.4) is 0 Å². The lowest BCUT2D eigenvalue weighted by atomic mass is 10.0. The van der Waals surface area contributed by atoms with E-state index in [9.17, 15) is 32.9 Å². The van der Waals surface area contributed by atoms with Crippen LogP contribution in [0.15, 0.2) is 52.3 Å². The van der Waals surface area contributed by atoms with Crippen LogP contribution in [0.2, 0.25) is 0 Å². The summed E-state index contributed by atoms with van der Waals surface area (Å²) in [6.45, 7) is 0.882. The Morgan fingerprint density at radius 2 is 2.06 bits per heavy atom. The molecule has 3 rings (SSSR count). The molecule has 1 aliphatic heterocycles. The van der Waals surface area contributed by atoms with Crippen molar-refractivity contribution in [1.82, 2.24) is 10.6 Å². The standard InChI is InChI=1S/C19H16F3N3O7/c1-2-30-17(26)15-12(23-18(27)24-16(15)14-4-3-7-31-14)9-32-13-6-5-10(25(28)29)8-11(13)19(20,21)22/h3-8,16H,2,9H2,1H3,(H2,23,24,27). The molecule has 1 atom stereocenters. The van der Waals surface area contributed by atoms with Gasteiger partial charge in [-0.05, 0) is 25.1 Å². The lowest BCUT2D eigenvalue weighted by Gasteiger charge is -2.28. The molecular weight excluding hydrogens is 439 g/mol. The van der Waals surface area contributed by atoms with E-state index in [-0.39, 0.29) is 23.6 Å². The largest absolute Gasteiger partial charge is 0.487 e. The van der Waals surface area contributed by atoms with E-state index in [1.807, 2.05) is 0 Å². The summed E-state index contributed by atoms with van der Waals surface area (Å²) in [5.74, 6) is -1.38. The van der Waals surface area contributed by atoms with Crippen LogP contribution in [-0.4, -0.2) is 30.1 Å². The summed E-state index contributed by atoms with van der Waals surface area (Å²) in [4.78, 5) is 34.5. The normalized spacial score (nSPS) is 16.2.